The second-order valence-corrected chi connectivity index (χ2v) is 6.92. The molecule has 26 heavy (non-hydrogen) atoms. The Morgan fingerprint density at radius 2 is 2.00 bits per heavy atom. The first kappa shape index (κ1) is 18.8. The number of benzene rings is 1. The Labute approximate surface area is 158 Å². The SMILES string of the molecule is Cl.NCC(NC(=O)C1CC(=O)N(c2ccc3c(c2)OCCO3)C1)C1CC1. The molecular formula is C18H24ClN3O4. The van der Waals surface area contributed by atoms with Crippen LogP contribution in [0.15, 0.2) is 18.2 Å². The minimum absolute atomic E-state index is 0. The zero-order valence-corrected chi connectivity index (χ0v) is 15.3. The van der Waals surface area contributed by atoms with Gasteiger partial charge in [-0.15, -0.1) is 12.4 Å². The Morgan fingerprint density at radius 3 is 2.69 bits per heavy atom. The Hall–Kier alpha value is -1.99. The number of rotatable bonds is 5. The third-order valence-corrected chi connectivity index (χ3v) is 5.11. The molecule has 2 heterocycles. The van der Waals surface area contributed by atoms with Gasteiger partial charge in [0.2, 0.25) is 11.8 Å². The average Bonchev–Trinajstić information content (AvgIpc) is 3.40. The fourth-order valence-electron chi connectivity index (χ4n) is 3.50. The third kappa shape index (κ3) is 3.73. The molecule has 2 aliphatic heterocycles. The van der Waals surface area contributed by atoms with Gasteiger partial charge in [0.05, 0.1) is 5.92 Å². The molecule has 0 aromatic heterocycles. The summed E-state index contributed by atoms with van der Waals surface area (Å²) in [6.07, 6.45) is 2.46. The van der Waals surface area contributed by atoms with E-state index >= 15 is 0 Å². The van der Waals surface area contributed by atoms with Crippen molar-refractivity contribution < 1.29 is 19.1 Å². The van der Waals surface area contributed by atoms with Crippen molar-refractivity contribution in [3.05, 3.63) is 18.2 Å². The van der Waals surface area contributed by atoms with Crippen molar-refractivity contribution in [2.45, 2.75) is 25.3 Å². The molecule has 1 saturated heterocycles. The van der Waals surface area contributed by atoms with Gasteiger partial charge in [0.25, 0.3) is 0 Å². The molecule has 2 fully saturated rings. The predicted molar refractivity (Wildman–Crippen MR) is 98.8 cm³/mol. The van der Waals surface area contributed by atoms with Gasteiger partial charge >= 0.3 is 0 Å². The molecule has 3 aliphatic rings. The lowest BCUT2D eigenvalue weighted by atomic mass is 10.1. The van der Waals surface area contributed by atoms with Gasteiger partial charge < -0.3 is 25.4 Å². The molecule has 1 aliphatic carbocycles. The first-order valence-corrected chi connectivity index (χ1v) is 8.86. The van der Waals surface area contributed by atoms with Crippen LogP contribution in [0.5, 0.6) is 11.5 Å². The average molecular weight is 382 g/mol. The standard InChI is InChI=1S/C18H23N3O4.ClH/c19-9-14(11-1-2-11)20-18(23)12-7-17(22)21(10-12)13-3-4-15-16(8-13)25-6-5-24-15;/h3-4,8,11-12,14H,1-2,5-7,9-10,19H2,(H,20,23);1H. The van der Waals surface area contributed by atoms with E-state index in [2.05, 4.69) is 5.32 Å². The number of nitrogens with two attached hydrogens (primary N) is 1. The lowest BCUT2D eigenvalue weighted by Crippen LogP contribution is -2.45. The van der Waals surface area contributed by atoms with Crippen LogP contribution in [0.4, 0.5) is 5.69 Å². The van der Waals surface area contributed by atoms with Gasteiger partial charge in [0.1, 0.15) is 13.2 Å². The topological polar surface area (TPSA) is 93.9 Å². The Bertz CT molecular complexity index is 695. The Kier molecular flexibility index (Phi) is 5.58. The van der Waals surface area contributed by atoms with Crippen molar-refractivity contribution in [3.8, 4) is 11.5 Å². The van der Waals surface area contributed by atoms with E-state index in [-0.39, 0.29) is 42.6 Å². The molecular weight excluding hydrogens is 358 g/mol. The van der Waals surface area contributed by atoms with Crippen molar-refractivity contribution in [1.82, 2.24) is 5.32 Å². The lowest BCUT2D eigenvalue weighted by molar-refractivity contribution is -0.127. The van der Waals surface area contributed by atoms with Gasteiger partial charge in [-0.1, -0.05) is 0 Å². The highest BCUT2D eigenvalue weighted by Gasteiger charge is 2.38. The maximum atomic E-state index is 12.5. The molecule has 142 valence electrons. The van der Waals surface area contributed by atoms with E-state index in [1.165, 1.54) is 0 Å². The van der Waals surface area contributed by atoms with E-state index in [4.69, 9.17) is 15.2 Å². The number of halogens is 1. The number of nitrogens with one attached hydrogen (secondary N) is 1. The van der Waals surface area contributed by atoms with Crippen molar-refractivity contribution in [1.29, 1.82) is 0 Å². The molecule has 1 saturated carbocycles. The summed E-state index contributed by atoms with van der Waals surface area (Å²) in [5.41, 5.74) is 6.49. The van der Waals surface area contributed by atoms with Crippen LogP contribution >= 0.6 is 12.4 Å². The molecule has 2 atom stereocenters. The summed E-state index contributed by atoms with van der Waals surface area (Å²) in [6, 6.07) is 5.48. The minimum Gasteiger partial charge on any atom is -0.486 e. The monoisotopic (exact) mass is 381 g/mol. The fourth-order valence-corrected chi connectivity index (χ4v) is 3.50. The van der Waals surface area contributed by atoms with Gasteiger partial charge in [0, 0.05) is 37.3 Å². The quantitative estimate of drug-likeness (QED) is 0.796. The van der Waals surface area contributed by atoms with Gasteiger partial charge in [-0.05, 0) is 30.9 Å². The number of fused-ring (bicyclic) bond motifs is 1. The lowest BCUT2D eigenvalue weighted by Gasteiger charge is -2.22. The van der Waals surface area contributed by atoms with Gasteiger partial charge in [0.15, 0.2) is 11.5 Å². The number of carbonyl (C=O) groups is 2. The maximum absolute atomic E-state index is 12.5. The highest BCUT2D eigenvalue weighted by atomic mass is 35.5. The van der Waals surface area contributed by atoms with E-state index < -0.39 is 0 Å². The molecule has 2 amide bonds. The number of hydrogen-bond acceptors (Lipinski definition) is 5. The summed E-state index contributed by atoms with van der Waals surface area (Å²) in [5.74, 6) is 1.37. The number of ether oxygens (including phenoxy) is 2. The van der Waals surface area contributed by atoms with Crippen LogP contribution in [-0.4, -0.2) is 44.2 Å². The largest absolute Gasteiger partial charge is 0.486 e. The van der Waals surface area contributed by atoms with Crippen molar-refractivity contribution in [2.75, 3.05) is 31.2 Å². The first-order chi connectivity index (χ1) is 12.2. The van der Waals surface area contributed by atoms with E-state index in [0.29, 0.717) is 43.7 Å². The summed E-state index contributed by atoms with van der Waals surface area (Å²) in [6.45, 7) is 1.85. The van der Waals surface area contributed by atoms with Gasteiger partial charge in [-0.25, -0.2) is 0 Å². The molecule has 2 unspecified atom stereocenters. The predicted octanol–water partition coefficient (Wildman–Crippen LogP) is 1.09. The van der Waals surface area contributed by atoms with Crippen molar-refractivity contribution in [3.63, 3.8) is 0 Å². The normalized spacial score (nSPS) is 22.6. The van der Waals surface area contributed by atoms with Crippen molar-refractivity contribution in [2.24, 2.45) is 17.6 Å². The molecule has 3 N–H and O–H groups in total. The number of hydrogen-bond donors (Lipinski definition) is 2. The van der Waals surface area contributed by atoms with Crippen LogP contribution in [0.25, 0.3) is 0 Å². The number of anilines is 1. The van der Waals surface area contributed by atoms with E-state index in [9.17, 15) is 9.59 Å². The zero-order chi connectivity index (χ0) is 17.4. The summed E-state index contributed by atoms with van der Waals surface area (Å²) in [5, 5.41) is 3.03. The fraction of sp³-hybridized carbons (Fsp3) is 0.556. The van der Waals surface area contributed by atoms with Crippen LogP contribution in [-0.2, 0) is 9.59 Å². The minimum atomic E-state index is -0.339. The zero-order valence-electron chi connectivity index (χ0n) is 14.5. The highest BCUT2D eigenvalue weighted by Crippen LogP contribution is 2.36. The first-order valence-electron chi connectivity index (χ1n) is 8.86. The summed E-state index contributed by atoms with van der Waals surface area (Å²) < 4.78 is 11.1. The molecule has 1 aromatic carbocycles. The van der Waals surface area contributed by atoms with Crippen LogP contribution in [0.2, 0.25) is 0 Å². The van der Waals surface area contributed by atoms with E-state index in [1.807, 2.05) is 12.1 Å². The molecule has 4 rings (SSSR count). The molecule has 1 aromatic rings. The molecule has 0 bridgehead atoms. The Balaban J connectivity index is 0.00000196. The highest BCUT2D eigenvalue weighted by molar-refractivity contribution is 6.00. The molecule has 0 spiro atoms. The summed E-state index contributed by atoms with van der Waals surface area (Å²) in [7, 11) is 0. The number of carbonyl (C=O) groups excluding carboxylic acids is 2. The smallest absolute Gasteiger partial charge is 0.227 e. The van der Waals surface area contributed by atoms with Crippen LogP contribution in [0, 0.1) is 11.8 Å². The number of nitrogens with zero attached hydrogens (tertiary/aromatic N) is 1. The summed E-state index contributed by atoms with van der Waals surface area (Å²) in [4.78, 5) is 26.6. The second kappa shape index (κ2) is 7.72. The second-order valence-electron chi connectivity index (χ2n) is 6.92. The molecule has 0 radical (unpaired) electrons. The maximum Gasteiger partial charge on any atom is 0.227 e. The molecule has 8 heteroatoms. The summed E-state index contributed by atoms with van der Waals surface area (Å²) >= 11 is 0. The van der Waals surface area contributed by atoms with E-state index in [1.54, 1.807) is 11.0 Å². The van der Waals surface area contributed by atoms with Crippen LogP contribution < -0.4 is 25.4 Å². The van der Waals surface area contributed by atoms with Crippen molar-refractivity contribution >= 4 is 29.9 Å². The molecule has 7 nitrogen and oxygen atoms in total. The van der Waals surface area contributed by atoms with Crippen LogP contribution in [0.1, 0.15) is 19.3 Å². The van der Waals surface area contributed by atoms with Gasteiger partial charge in [-0.3, -0.25) is 9.59 Å². The van der Waals surface area contributed by atoms with Crippen LogP contribution in [0.3, 0.4) is 0 Å². The number of amides is 2. The van der Waals surface area contributed by atoms with Gasteiger partial charge in [-0.2, -0.15) is 0 Å². The van der Waals surface area contributed by atoms with E-state index in [0.717, 1.165) is 18.5 Å². The Morgan fingerprint density at radius 1 is 1.27 bits per heavy atom. The third-order valence-electron chi connectivity index (χ3n) is 5.11.